The van der Waals surface area contributed by atoms with Gasteiger partial charge in [-0.25, -0.2) is 0 Å². The SMILES string of the molecule is Cc1ccc(-c2ccc(O)c3c2CC2CC4C(N(C)C)C(=O)C(C(N)=O)C(=O)C4(O)C(=O)C2C3=O)s1. The van der Waals surface area contributed by atoms with Crippen molar-refractivity contribution < 1.29 is 34.2 Å². The van der Waals surface area contributed by atoms with E-state index in [9.17, 15) is 34.2 Å². The van der Waals surface area contributed by atoms with Crippen LogP contribution in [0.2, 0.25) is 0 Å². The second-order valence-corrected chi connectivity index (χ2v) is 11.5. The molecular formula is C26H26N2O7S. The summed E-state index contributed by atoms with van der Waals surface area (Å²) < 4.78 is 0. The molecule has 2 aromatic rings. The van der Waals surface area contributed by atoms with E-state index in [-0.39, 0.29) is 24.2 Å². The number of aromatic hydroxyl groups is 1. The summed E-state index contributed by atoms with van der Waals surface area (Å²) in [5.74, 6) is -10.4. The predicted octanol–water partition coefficient (Wildman–Crippen LogP) is 0.904. The number of hydrogen-bond donors (Lipinski definition) is 3. The number of carbonyl (C=O) groups excluding carboxylic acids is 5. The van der Waals surface area contributed by atoms with Crippen LogP contribution in [0, 0.1) is 30.6 Å². The van der Waals surface area contributed by atoms with Gasteiger partial charge in [-0.1, -0.05) is 0 Å². The van der Waals surface area contributed by atoms with Crippen molar-refractivity contribution in [2.75, 3.05) is 14.1 Å². The second kappa shape index (κ2) is 8.16. The van der Waals surface area contributed by atoms with E-state index in [0.717, 1.165) is 15.3 Å². The molecule has 1 aromatic carbocycles. The van der Waals surface area contributed by atoms with Crippen LogP contribution in [0.5, 0.6) is 5.75 Å². The van der Waals surface area contributed by atoms with Gasteiger partial charge in [0.05, 0.1) is 17.5 Å². The van der Waals surface area contributed by atoms with E-state index in [2.05, 4.69) is 0 Å². The molecule has 2 fully saturated rings. The third-order valence-electron chi connectivity index (χ3n) is 7.95. The first-order valence-electron chi connectivity index (χ1n) is 11.7. The van der Waals surface area contributed by atoms with Gasteiger partial charge in [0.25, 0.3) is 0 Å². The molecule has 0 bridgehead atoms. The Morgan fingerprint density at radius 3 is 2.39 bits per heavy atom. The van der Waals surface area contributed by atoms with Gasteiger partial charge in [0.15, 0.2) is 34.7 Å². The van der Waals surface area contributed by atoms with Crippen LogP contribution in [0.15, 0.2) is 24.3 Å². The number of primary amides is 1. The van der Waals surface area contributed by atoms with Gasteiger partial charge < -0.3 is 15.9 Å². The molecule has 0 spiro atoms. The minimum atomic E-state index is -2.71. The molecule has 1 amide bonds. The van der Waals surface area contributed by atoms with Crippen molar-refractivity contribution in [2.24, 2.45) is 29.4 Å². The molecule has 4 N–H and O–H groups in total. The Morgan fingerprint density at radius 1 is 1.11 bits per heavy atom. The zero-order valence-electron chi connectivity index (χ0n) is 20.0. The molecule has 10 heteroatoms. The number of ketones is 4. The van der Waals surface area contributed by atoms with Crippen LogP contribution in [0.1, 0.15) is 27.2 Å². The van der Waals surface area contributed by atoms with E-state index in [1.165, 1.54) is 22.3 Å². The van der Waals surface area contributed by atoms with E-state index in [0.29, 0.717) is 5.56 Å². The second-order valence-electron chi connectivity index (χ2n) is 10.2. The lowest BCUT2D eigenvalue weighted by Gasteiger charge is -2.52. The minimum Gasteiger partial charge on any atom is -0.507 e. The largest absolute Gasteiger partial charge is 0.507 e. The number of aliphatic hydroxyl groups is 1. The number of phenolic OH excluding ortho intramolecular Hbond substituents is 1. The van der Waals surface area contributed by atoms with Crippen molar-refractivity contribution >= 4 is 40.4 Å². The van der Waals surface area contributed by atoms with Gasteiger partial charge >= 0.3 is 0 Å². The quantitative estimate of drug-likeness (QED) is 0.515. The van der Waals surface area contributed by atoms with Gasteiger partial charge in [-0.2, -0.15) is 0 Å². The molecule has 2 saturated carbocycles. The predicted molar refractivity (Wildman–Crippen MR) is 129 cm³/mol. The number of hydrogen-bond acceptors (Lipinski definition) is 9. The first-order chi connectivity index (χ1) is 16.9. The molecule has 3 aliphatic rings. The summed E-state index contributed by atoms with van der Waals surface area (Å²) in [6, 6.07) is 5.91. The molecule has 188 valence electrons. The van der Waals surface area contributed by atoms with Crippen molar-refractivity contribution in [1.29, 1.82) is 0 Å². The number of amides is 1. The number of thiophene rings is 1. The smallest absolute Gasteiger partial charge is 0.235 e. The Hall–Kier alpha value is -3.21. The fraction of sp³-hybridized carbons (Fsp3) is 0.423. The van der Waals surface area contributed by atoms with Gasteiger partial charge in [-0.05, 0) is 75.2 Å². The first-order valence-corrected chi connectivity index (χ1v) is 12.5. The molecular weight excluding hydrogens is 484 g/mol. The monoisotopic (exact) mass is 510 g/mol. The van der Waals surface area contributed by atoms with Crippen molar-refractivity contribution in [3.05, 3.63) is 40.3 Å². The van der Waals surface area contributed by atoms with Crippen LogP contribution < -0.4 is 5.73 Å². The van der Waals surface area contributed by atoms with Gasteiger partial charge in [0.1, 0.15) is 5.75 Å². The molecule has 9 nitrogen and oxygen atoms in total. The molecule has 6 unspecified atom stereocenters. The third kappa shape index (κ3) is 3.17. The van der Waals surface area contributed by atoms with Crippen molar-refractivity contribution in [2.45, 2.75) is 31.4 Å². The number of fused-ring (bicyclic) bond motifs is 3. The maximum Gasteiger partial charge on any atom is 0.235 e. The molecule has 1 aromatic heterocycles. The third-order valence-corrected chi connectivity index (χ3v) is 8.98. The fourth-order valence-electron chi connectivity index (χ4n) is 6.41. The molecule has 6 atom stereocenters. The Bertz CT molecular complexity index is 1360. The van der Waals surface area contributed by atoms with Crippen LogP contribution in [0.3, 0.4) is 0 Å². The number of phenols is 1. The fourth-order valence-corrected chi connectivity index (χ4v) is 7.34. The summed E-state index contributed by atoms with van der Waals surface area (Å²) in [5.41, 5.74) is 4.00. The van der Waals surface area contributed by atoms with Crippen molar-refractivity contribution in [3.63, 3.8) is 0 Å². The number of nitrogens with two attached hydrogens (primary N) is 1. The normalized spacial score (nSPS) is 31.8. The van der Waals surface area contributed by atoms with Crippen LogP contribution in [-0.4, -0.2) is 69.9 Å². The van der Waals surface area contributed by atoms with Gasteiger partial charge in [0.2, 0.25) is 5.91 Å². The maximum atomic E-state index is 13.8. The molecule has 0 radical (unpaired) electrons. The van der Waals surface area contributed by atoms with Crippen LogP contribution in [-0.2, 0) is 25.6 Å². The highest BCUT2D eigenvalue weighted by Gasteiger charge is 2.69. The highest BCUT2D eigenvalue weighted by atomic mass is 32.1. The summed E-state index contributed by atoms with van der Waals surface area (Å²) in [6.45, 7) is 1.96. The van der Waals surface area contributed by atoms with Gasteiger partial charge in [-0.15, -0.1) is 11.3 Å². The zero-order valence-corrected chi connectivity index (χ0v) is 20.8. The molecule has 36 heavy (non-hydrogen) atoms. The summed E-state index contributed by atoms with van der Waals surface area (Å²) in [5, 5.41) is 22.2. The number of Topliss-reactive ketones (excluding diaryl/α,β-unsaturated/α-hetero) is 4. The number of nitrogens with zero attached hydrogens (tertiary/aromatic N) is 1. The van der Waals surface area contributed by atoms with Crippen molar-refractivity contribution in [1.82, 2.24) is 4.90 Å². The number of likely N-dealkylation sites (N-methyl/N-ethyl adjacent to an activating group) is 1. The summed E-state index contributed by atoms with van der Waals surface area (Å²) in [6.07, 6.45) is 0.273. The molecule has 0 saturated heterocycles. The summed E-state index contributed by atoms with van der Waals surface area (Å²) in [7, 11) is 3.12. The average molecular weight is 511 g/mol. The standard InChI is InChI=1S/C26H26N2O7S/c1-10-4-7-16(36-10)12-5-6-15(29)18-13(12)8-11-9-14-20(28(2)3)22(31)19(25(27)34)24(33)26(14,35)23(32)17(11)21(18)30/h4-7,11,14,17,19-20,29,35H,8-9H2,1-3H3,(H2,27,34). The molecule has 1 heterocycles. The van der Waals surface area contributed by atoms with Crippen LogP contribution >= 0.6 is 11.3 Å². The lowest BCUT2D eigenvalue weighted by Crippen LogP contribution is -2.74. The molecule has 0 aliphatic heterocycles. The van der Waals surface area contributed by atoms with Gasteiger partial charge in [-0.3, -0.25) is 28.9 Å². The zero-order chi connectivity index (χ0) is 26.3. The Morgan fingerprint density at radius 2 is 1.81 bits per heavy atom. The highest BCUT2D eigenvalue weighted by Crippen LogP contribution is 2.52. The van der Waals surface area contributed by atoms with E-state index < -0.39 is 64.4 Å². The Kier molecular flexibility index (Phi) is 5.55. The van der Waals surface area contributed by atoms with E-state index in [1.54, 1.807) is 20.2 Å². The lowest BCUT2D eigenvalue weighted by molar-refractivity contribution is -0.181. The number of benzene rings is 1. The minimum absolute atomic E-state index is 0.00477. The molecule has 3 aliphatic carbocycles. The highest BCUT2D eigenvalue weighted by molar-refractivity contribution is 7.15. The average Bonchev–Trinajstić information content (AvgIpc) is 3.22. The number of aryl methyl sites for hydroxylation is 1. The maximum absolute atomic E-state index is 13.8. The summed E-state index contributed by atoms with van der Waals surface area (Å²) >= 11 is 1.54. The van der Waals surface area contributed by atoms with E-state index in [1.807, 2.05) is 19.1 Å². The van der Waals surface area contributed by atoms with E-state index >= 15 is 0 Å². The number of carbonyl (C=O) groups is 5. The van der Waals surface area contributed by atoms with Gasteiger partial charge in [0, 0.05) is 15.7 Å². The van der Waals surface area contributed by atoms with Crippen LogP contribution in [0.4, 0.5) is 0 Å². The molecule has 5 rings (SSSR count). The number of rotatable bonds is 3. The summed E-state index contributed by atoms with van der Waals surface area (Å²) in [4.78, 5) is 69.4. The van der Waals surface area contributed by atoms with Crippen molar-refractivity contribution in [3.8, 4) is 16.2 Å². The van der Waals surface area contributed by atoms with Crippen LogP contribution in [0.25, 0.3) is 10.4 Å². The lowest BCUT2D eigenvalue weighted by atomic mass is 9.52. The Balaban J connectivity index is 1.66. The van der Waals surface area contributed by atoms with E-state index in [4.69, 9.17) is 5.73 Å². The first kappa shape index (κ1) is 24.5. The Labute approximate surface area is 210 Å². The topological polar surface area (TPSA) is 155 Å².